The van der Waals surface area contributed by atoms with E-state index in [1.54, 1.807) is 0 Å². The monoisotopic (exact) mass is 285 g/mol. The molecule has 1 aliphatic rings. The molecule has 0 unspecified atom stereocenters. The Kier molecular flexibility index (Phi) is 8.48. The minimum atomic E-state index is -2.40. The van der Waals surface area contributed by atoms with Crippen LogP contribution in [0.3, 0.4) is 0 Å². The van der Waals surface area contributed by atoms with Crippen molar-refractivity contribution in [3.63, 3.8) is 0 Å². The van der Waals surface area contributed by atoms with Crippen LogP contribution in [0.2, 0.25) is 0 Å². The molecule has 0 saturated heterocycles. The Labute approximate surface area is 112 Å². The van der Waals surface area contributed by atoms with E-state index >= 15 is 0 Å². The molecule has 1 aliphatic carbocycles. The number of alkyl halides is 3. The number of methoxy groups -OCH3 is 1. The highest BCUT2D eigenvalue weighted by Crippen LogP contribution is 2.33. The minimum Gasteiger partial charge on any atom is -0.500 e. The third kappa shape index (κ3) is 5.50. The molecule has 0 aromatic heterocycles. The number of rotatable bonds is 5. The maximum absolute atomic E-state index is 11.9. The maximum atomic E-state index is 11.9. The molecule has 18 heavy (non-hydrogen) atoms. The van der Waals surface area contributed by atoms with Crippen LogP contribution in [0.5, 0.6) is 0 Å². The first-order valence-corrected chi connectivity index (χ1v) is 6.53. The zero-order valence-electron chi connectivity index (χ0n) is 10.9. The van der Waals surface area contributed by atoms with Crippen LogP contribution in [0.4, 0.5) is 8.78 Å². The summed E-state index contributed by atoms with van der Waals surface area (Å²) in [5.74, 6) is 0.555. The van der Waals surface area contributed by atoms with E-state index in [2.05, 4.69) is 18.2 Å². The fourth-order valence-electron chi connectivity index (χ4n) is 1.96. The molecule has 1 fully saturated rings. The van der Waals surface area contributed by atoms with Gasteiger partial charge in [0.15, 0.2) is 0 Å². The zero-order chi connectivity index (χ0) is 14.2. The standard InChI is InChI=1S/C11H19F2NO2.CH3Cl/c1-8(15-2)11(14)5-3-9(4-6-11)16-7-10(12)13;1-2/h9-10H,1,3-7,14H2,2H3;1H3. The topological polar surface area (TPSA) is 44.5 Å². The quantitative estimate of drug-likeness (QED) is 0.624. The molecule has 2 N–H and O–H groups in total. The van der Waals surface area contributed by atoms with Gasteiger partial charge in [0.1, 0.15) is 12.4 Å². The smallest absolute Gasteiger partial charge is 0.261 e. The highest BCUT2D eigenvalue weighted by atomic mass is 35.5. The van der Waals surface area contributed by atoms with E-state index in [4.69, 9.17) is 15.2 Å². The highest BCUT2D eigenvalue weighted by molar-refractivity contribution is 6.15. The van der Waals surface area contributed by atoms with Gasteiger partial charge in [-0.1, -0.05) is 6.58 Å². The third-order valence-electron chi connectivity index (χ3n) is 3.08. The minimum absolute atomic E-state index is 0.115. The summed E-state index contributed by atoms with van der Waals surface area (Å²) in [6, 6.07) is 0. The molecule has 0 amide bonds. The molecule has 108 valence electrons. The van der Waals surface area contributed by atoms with Gasteiger partial charge in [0.05, 0.1) is 18.8 Å². The van der Waals surface area contributed by atoms with Crippen LogP contribution in [-0.2, 0) is 9.47 Å². The molecular formula is C12H22ClF2NO2. The van der Waals surface area contributed by atoms with Gasteiger partial charge in [-0.15, -0.1) is 11.6 Å². The largest absolute Gasteiger partial charge is 0.500 e. The summed E-state index contributed by atoms with van der Waals surface area (Å²) in [5.41, 5.74) is 5.57. The second-order valence-corrected chi connectivity index (χ2v) is 4.21. The van der Waals surface area contributed by atoms with Crippen LogP contribution in [0, 0.1) is 0 Å². The first-order valence-electron chi connectivity index (χ1n) is 5.78. The predicted octanol–water partition coefficient (Wildman–Crippen LogP) is 2.92. The van der Waals surface area contributed by atoms with Crippen molar-refractivity contribution >= 4 is 11.6 Å². The van der Waals surface area contributed by atoms with E-state index in [1.165, 1.54) is 13.5 Å². The van der Waals surface area contributed by atoms with Gasteiger partial charge < -0.3 is 15.2 Å². The number of ether oxygens (including phenoxy) is 2. The molecule has 0 aromatic rings. The van der Waals surface area contributed by atoms with Crippen LogP contribution >= 0.6 is 11.6 Å². The molecule has 6 heteroatoms. The van der Waals surface area contributed by atoms with Crippen molar-refractivity contribution in [1.29, 1.82) is 0 Å². The second kappa shape index (κ2) is 8.67. The van der Waals surface area contributed by atoms with Crippen molar-refractivity contribution in [2.24, 2.45) is 5.73 Å². The fraction of sp³-hybridized carbons (Fsp3) is 0.833. The van der Waals surface area contributed by atoms with Gasteiger partial charge in [0.25, 0.3) is 6.43 Å². The van der Waals surface area contributed by atoms with Crippen molar-refractivity contribution in [2.75, 3.05) is 20.1 Å². The molecule has 0 aromatic carbocycles. The van der Waals surface area contributed by atoms with Crippen molar-refractivity contribution in [3.05, 3.63) is 12.3 Å². The molecular weight excluding hydrogens is 264 g/mol. The van der Waals surface area contributed by atoms with Crippen LogP contribution in [0.15, 0.2) is 12.3 Å². The summed E-state index contributed by atoms with van der Waals surface area (Å²) in [7, 11) is 1.54. The van der Waals surface area contributed by atoms with Crippen LogP contribution in [0.25, 0.3) is 0 Å². The first kappa shape index (κ1) is 17.6. The Balaban J connectivity index is 0.00000137. The summed E-state index contributed by atoms with van der Waals surface area (Å²) in [5, 5.41) is 0. The second-order valence-electron chi connectivity index (χ2n) is 4.21. The van der Waals surface area contributed by atoms with Crippen molar-refractivity contribution in [1.82, 2.24) is 0 Å². The molecule has 0 atom stereocenters. The summed E-state index contributed by atoms with van der Waals surface area (Å²) in [6.45, 7) is 3.27. The zero-order valence-corrected chi connectivity index (χ0v) is 11.7. The van der Waals surface area contributed by atoms with E-state index in [0.29, 0.717) is 31.4 Å². The van der Waals surface area contributed by atoms with Crippen molar-refractivity contribution in [2.45, 2.75) is 43.8 Å². The van der Waals surface area contributed by atoms with Gasteiger partial charge in [0, 0.05) is 6.38 Å². The first-order chi connectivity index (χ1) is 8.48. The lowest BCUT2D eigenvalue weighted by Crippen LogP contribution is -2.46. The highest BCUT2D eigenvalue weighted by Gasteiger charge is 2.35. The summed E-state index contributed by atoms with van der Waals surface area (Å²) < 4.78 is 34.0. The van der Waals surface area contributed by atoms with Gasteiger partial charge in [-0.3, -0.25) is 0 Å². The average Bonchev–Trinajstić information content (AvgIpc) is 2.39. The Hall–Kier alpha value is -0.390. The van der Waals surface area contributed by atoms with E-state index in [0.717, 1.165) is 0 Å². The van der Waals surface area contributed by atoms with E-state index < -0.39 is 18.6 Å². The Morgan fingerprint density at radius 3 is 2.33 bits per heavy atom. The molecule has 0 spiro atoms. The van der Waals surface area contributed by atoms with Crippen molar-refractivity contribution in [3.8, 4) is 0 Å². The SMILES string of the molecule is C=C(OC)C1(N)CCC(OCC(F)F)CC1.CCl. The van der Waals surface area contributed by atoms with Gasteiger partial charge in [-0.05, 0) is 25.7 Å². The fourth-order valence-corrected chi connectivity index (χ4v) is 1.96. The van der Waals surface area contributed by atoms with Crippen LogP contribution in [-0.4, -0.2) is 38.2 Å². The van der Waals surface area contributed by atoms with Crippen molar-refractivity contribution < 1.29 is 18.3 Å². The Morgan fingerprint density at radius 2 is 1.94 bits per heavy atom. The number of hydrogen-bond acceptors (Lipinski definition) is 3. The molecule has 0 aliphatic heterocycles. The number of halogens is 3. The Bertz CT molecular complexity index is 244. The van der Waals surface area contributed by atoms with Crippen LogP contribution < -0.4 is 5.73 Å². The lowest BCUT2D eigenvalue weighted by atomic mass is 9.80. The number of hydrogen-bond donors (Lipinski definition) is 1. The predicted molar refractivity (Wildman–Crippen MR) is 69.1 cm³/mol. The molecule has 3 nitrogen and oxygen atoms in total. The normalized spacial score (nSPS) is 27.4. The molecule has 0 bridgehead atoms. The van der Waals surface area contributed by atoms with Crippen LogP contribution in [0.1, 0.15) is 25.7 Å². The molecule has 1 rings (SSSR count). The van der Waals surface area contributed by atoms with Gasteiger partial charge in [-0.2, -0.15) is 0 Å². The molecule has 0 heterocycles. The maximum Gasteiger partial charge on any atom is 0.261 e. The lowest BCUT2D eigenvalue weighted by molar-refractivity contribution is -0.0440. The molecule has 0 radical (unpaired) electrons. The van der Waals surface area contributed by atoms with Gasteiger partial charge in [0.2, 0.25) is 0 Å². The van der Waals surface area contributed by atoms with E-state index in [9.17, 15) is 8.78 Å². The molecule has 1 saturated carbocycles. The third-order valence-corrected chi connectivity index (χ3v) is 3.08. The summed E-state index contributed by atoms with van der Waals surface area (Å²) >= 11 is 4.64. The van der Waals surface area contributed by atoms with Gasteiger partial charge in [-0.25, -0.2) is 8.78 Å². The Morgan fingerprint density at radius 1 is 1.44 bits per heavy atom. The lowest BCUT2D eigenvalue weighted by Gasteiger charge is -2.37. The summed E-state index contributed by atoms with van der Waals surface area (Å²) in [6.07, 6.45) is 1.62. The van der Waals surface area contributed by atoms with E-state index in [1.807, 2.05) is 0 Å². The summed E-state index contributed by atoms with van der Waals surface area (Å²) in [4.78, 5) is 0. The number of nitrogens with two attached hydrogens (primary N) is 1. The average molecular weight is 286 g/mol. The van der Waals surface area contributed by atoms with Gasteiger partial charge >= 0.3 is 0 Å². The van der Waals surface area contributed by atoms with E-state index in [-0.39, 0.29) is 6.10 Å².